The van der Waals surface area contributed by atoms with Crippen LogP contribution in [0, 0.1) is 11.8 Å². The molecule has 2 fully saturated rings. The zero-order chi connectivity index (χ0) is 27.1. The molecule has 2 unspecified atom stereocenters. The Bertz CT molecular complexity index is 889. The molecular formula is C26H42B2O8. The Balaban J connectivity index is 0.000000201. The summed E-state index contributed by atoms with van der Waals surface area (Å²) < 4.78 is 33.4. The van der Waals surface area contributed by atoms with Crippen molar-refractivity contribution in [2.24, 2.45) is 11.8 Å². The van der Waals surface area contributed by atoms with Gasteiger partial charge in [0.15, 0.2) is 0 Å². The summed E-state index contributed by atoms with van der Waals surface area (Å²) in [7, 11) is 2.19. The molecule has 2 saturated heterocycles. The second-order valence-corrected chi connectivity index (χ2v) is 12.0. The first-order valence-electron chi connectivity index (χ1n) is 12.8. The van der Waals surface area contributed by atoms with Crippen LogP contribution in [0.5, 0.6) is 0 Å². The molecule has 2 aliphatic carbocycles. The van der Waals surface area contributed by atoms with E-state index in [9.17, 15) is 9.59 Å². The summed E-state index contributed by atoms with van der Waals surface area (Å²) in [4.78, 5) is 23.0. The SMILES string of the molecule is COC(=O)C1C=C(B2OC(C)(C)C(C)(C)O2)CC1.COC(=O)C1CC=C(B2OC(C)(C)C(C)(C)O2)C1. The van der Waals surface area contributed by atoms with Gasteiger partial charge >= 0.3 is 26.2 Å². The lowest BCUT2D eigenvalue weighted by Crippen LogP contribution is -2.41. The molecule has 10 heteroatoms. The van der Waals surface area contributed by atoms with Gasteiger partial charge in [-0.15, -0.1) is 0 Å². The highest BCUT2D eigenvalue weighted by Gasteiger charge is 2.54. The van der Waals surface area contributed by atoms with Crippen LogP contribution >= 0.6 is 0 Å². The maximum Gasteiger partial charge on any atom is 0.490 e. The molecule has 0 N–H and O–H groups in total. The quantitative estimate of drug-likeness (QED) is 0.415. The van der Waals surface area contributed by atoms with Gasteiger partial charge in [-0.2, -0.15) is 0 Å². The van der Waals surface area contributed by atoms with Crippen LogP contribution < -0.4 is 0 Å². The number of ether oxygens (including phenoxy) is 2. The van der Waals surface area contributed by atoms with E-state index >= 15 is 0 Å². The number of allylic oxidation sites excluding steroid dienone is 3. The van der Waals surface area contributed by atoms with Crippen molar-refractivity contribution in [3.05, 3.63) is 23.1 Å². The van der Waals surface area contributed by atoms with Crippen LogP contribution in [0.25, 0.3) is 0 Å². The van der Waals surface area contributed by atoms with Gasteiger partial charge in [-0.1, -0.05) is 12.2 Å². The number of rotatable bonds is 4. The fourth-order valence-corrected chi connectivity index (χ4v) is 4.55. The van der Waals surface area contributed by atoms with Crippen molar-refractivity contribution in [3.63, 3.8) is 0 Å². The fraction of sp³-hybridized carbons (Fsp3) is 0.769. The highest BCUT2D eigenvalue weighted by molar-refractivity contribution is 6.55. The molecule has 200 valence electrons. The van der Waals surface area contributed by atoms with Gasteiger partial charge < -0.3 is 28.1 Å². The van der Waals surface area contributed by atoms with E-state index in [1.54, 1.807) is 0 Å². The second kappa shape index (κ2) is 10.3. The minimum Gasteiger partial charge on any atom is -0.469 e. The molecule has 0 saturated carbocycles. The largest absolute Gasteiger partial charge is 0.490 e. The van der Waals surface area contributed by atoms with Crippen LogP contribution in [-0.2, 0) is 37.7 Å². The van der Waals surface area contributed by atoms with E-state index in [0.29, 0.717) is 12.8 Å². The molecule has 2 aliphatic heterocycles. The molecule has 0 aromatic carbocycles. The predicted molar refractivity (Wildman–Crippen MR) is 138 cm³/mol. The number of hydrogen-bond acceptors (Lipinski definition) is 8. The van der Waals surface area contributed by atoms with E-state index in [1.807, 2.05) is 67.5 Å². The first-order valence-corrected chi connectivity index (χ1v) is 12.8. The molecule has 8 nitrogen and oxygen atoms in total. The van der Waals surface area contributed by atoms with Crippen LogP contribution in [0.15, 0.2) is 23.1 Å². The van der Waals surface area contributed by atoms with Crippen molar-refractivity contribution in [1.29, 1.82) is 0 Å². The van der Waals surface area contributed by atoms with Gasteiger partial charge in [-0.3, -0.25) is 9.59 Å². The van der Waals surface area contributed by atoms with Crippen LogP contribution in [-0.4, -0.2) is 62.8 Å². The van der Waals surface area contributed by atoms with E-state index in [-0.39, 0.29) is 60.4 Å². The molecule has 2 heterocycles. The van der Waals surface area contributed by atoms with Gasteiger partial charge in [-0.25, -0.2) is 0 Å². The standard InChI is InChI=1S/2C13H21BO4/c2*1-12(2)13(3,4)18-14(17-12)10-7-6-9(8-10)11(15)16-5/h8-9H,6-7H2,1-5H3;7,9H,6,8H2,1-5H3. The summed E-state index contributed by atoms with van der Waals surface area (Å²) in [5, 5.41) is 0. The zero-order valence-corrected chi connectivity index (χ0v) is 23.6. The summed E-state index contributed by atoms with van der Waals surface area (Å²) in [6.45, 7) is 16.2. The summed E-state index contributed by atoms with van der Waals surface area (Å²) in [6.07, 6.45) is 6.98. The lowest BCUT2D eigenvalue weighted by molar-refractivity contribution is -0.145. The minimum absolute atomic E-state index is 0.0796. The lowest BCUT2D eigenvalue weighted by Gasteiger charge is -2.32. The van der Waals surface area contributed by atoms with Crippen LogP contribution in [0.2, 0.25) is 0 Å². The maximum atomic E-state index is 11.5. The Labute approximate surface area is 216 Å². The van der Waals surface area contributed by atoms with E-state index in [1.165, 1.54) is 14.2 Å². The molecule has 0 aromatic heterocycles. The van der Waals surface area contributed by atoms with Crippen molar-refractivity contribution in [2.75, 3.05) is 14.2 Å². The Kier molecular flexibility index (Phi) is 8.26. The van der Waals surface area contributed by atoms with Gasteiger partial charge in [-0.05, 0) is 92.0 Å². The number of hydrogen-bond donors (Lipinski definition) is 0. The third-order valence-corrected chi connectivity index (χ3v) is 8.46. The van der Waals surface area contributed by atoms with Crippen LogP contribution in [0.3, 0.4) is 0 Å². The van der Waals surface area contributed by atoms with Crippen molar-refractivity contribution < 1.29 is 37.7 Å². The second-order valence-electron chi connectivity index (χ2n) is 12.0. The predicted octanol–water partition coefficient (Wildman–Crippen LogP) is 4.25. The lowest BCUT2D eigenvalue weighted by atomic mass is 9.77. The fourth-order valence-electron chi connectivity index (χ4n) is 4.55. The van der Waals surface area contributed by atoms with Gasteiger partial charge in [0.05, 0.1) is 48.5 Å². The molecule has 4 aliphatic rings. The average molecular weight is 504 g/mol. The first-order chi connectivity index (χ1) is 16.5. The topological polar surface area (TPSA) is 89.5 Å². The zero-order valence-electron chi connectivity index (χ0n) is 23.6. The summed E-state index contributed by atoms with van der Waals surface area (Å²) in [5.74, 6) is -0.563. The maximum absolute atomic E-state index is 11.5. The molecule has 0 radical (unpaired) electrons. The number of carbonyl (C=O) groups excluding carboxylic acids is 2. The third kappa shape index (κ3) is 5.77. The molecule has 0 amide bonds. The van der Waals surface area contributed by atoms with Crippen LogP contribution in [0.4, 0.5) is 0 Å². The highest BCUT2D eigenvalue weighted by atomic mass is 16.7. The molecule has 0 spiro atoms. The van der Waals surface area contributed by atoms with E-state index in [4.69, 9.17) is 28.1 Å². The molecule has 4 rings (SSSR count). The van der Waals surface area contributed by atoms with Gasteiger partial charge in [0.1, 0.15) is 0 Å². The van der Waals surface area contributed by atoms with Gasteiger partial charge in [0.25, 0.3) is 0 Å². The first kappa shape index (κ1) is 29.0. The molecule has 2 atom stereocenters. The average Bonchev–Trinajstić information content (AvgIpc) is 3.53. The number of esters is 2. The van der Waals surface area contributed by atoms with Crippen molar-refractivity contribution in [3.8, 4) is 0 Å². The normalized spacial score (nSPS) is 29.3. The van der Waals surface area contributed by atoms with Gasteiger partial charge in [0, 0.05) is 0 Å². The van der Waals surface area contributed by atoms with E-state index < -0.39 is 0 Å². The van der Waals surface area contributed by atoms with Crippen molar-refractivity contribution >= 4 is 26.2 Å². The van der Waals surface area contributed by atoms with Crippen molar-refractivity contribution in [2.45, 2.75) is 103 Å². The number of carbonyl (C=O) groups is 2. The Morgan fingerprint density at radius 1 is 0.778 bits per heavy atom. The smallest absolute Gasteiger partial charge is 0.469 e. The van der Waals surface area contributed by atoms with Crippen LogP contribution in [0.1, 0.15) is 81.1 Å². The summed E-state index contributed by atoms with van der Waals surface area (Å²) in [6, 6.07) is 0. The van der Waals surface area contributed by atoms with E-state index in [0.717, 1.165) is 23.8 Å². The molecule has 0 aromatic rings. The molecular weight excluding hydrogens is 462 g/mol. The van der Waals surface area contributed by atoms with Gasteiger partial charge in [0.2, 0.25) is 0 Å². The summed E-state index contributed by atoms with van der Waals surface area (Å²) in [5.41, 5.74) is 0.793. The van der Waals surface area contributed by atoms with Crippen molar-refractivity contribution in [1.82, 2.24) is 0 Å². The molecule has 0 bridgehead atoms. The monoisotopic (exact) mass is 504 g/mol. The van der Waals surface area contributed by atoms with E-state index in [2.05, 4.69) is 0 Å². The summed E-state index contributed by atoms with van der Waals surface area (Å²) >= 11 is 0. The number of methoxy groups -OCH3 is 2. The Morgan fingerprint density at radius 2 is 1.22 bits per heavy atom. The third-order valence-electron chi connectivity index (χ3n) is 8.46. The Morgan fingerprint density at radius 3 is 1.67 bits per heavy atom. The Hall–Kier alpha value is -1.61. The molecule has 36 heavy (non-hydrogen) atoms. The minimum atomic E-state index is -0.331. The highest BCUT2D eigenvalue weighted by Crippen LogP contribution is 2.42.